The number of ether oxygens (including phenoxy) is 1. The Bertz CT molecular complexity index is 288. The number of carbonyl (C=O) groups excluding carboxylic acids is 1. The van der Waals surface area contributed by atoms with Crippen molar-refractivity contribution in [3.05, 3.63) is 28.5 Å². The second-order valence-electron chi connectivity index (χ2n) is 2.20. The molecule has 0 amide bonds. The molecular formula is C8H8BrNO2. The van der Waals surface area contributed by atoms with Gasteiger partial charge in [-0.3, -0.25) is 4.79 Å². The number of hydrogen-bond acceptors (Lipinski definition) is 3. The Morgan fingerprint density at radius 2 is 2.42 bits per heavy atom. The second kappa shape index (κ2) is 4.33. The van der Waals surface area contributed by atoms with Gasteiger partial charge < -0.3 is 4.74 Å². The normalized spacial score (nSPS) is 9.83. The van der Waals surface area contributed by atoms with Gasteiger partial charge in [-0.1, -0.05) is 6.07 Å². The fourth-order valence-electron chi connectivity index (χ4n) is 0.769. The number of Topliss-reactive ketones (excluding diaryl/α,β-unsaturated/α-hetero) is 1. The Labute approximate surface area is 78.9 Å². The van der Waals surface area contributed by atoms with Gasteiger partial charge in [-0.15, -0.1) is 0 Å². The van der Waals surface area contributed by atoms with E-state index in [2.05, 4.69) is 20.9 Å². The van der Waals surface area contributed by atoms with Gasteiger partial charge in [-0.2, -0.15) is 0 Å². The highest BCUT2D eigenvalue weighted by Crippen LogP contribution is 2.06. The van der Waals surface area contributed by atoms with Crippen molar-refractivity contribution in [3.8, 4) is 0 Å². The molecule has 1 rings (SSSR count). The predicted molar refractivity (Wildman–Crippen MR) is 48.1 cm³/mol. The van der Waals surface area contributed by atoms with Crippen LogP contribution in [0, 0.1) is 0 Å². The lowest BCUT2D eigenvalue weighted by molar-refractivity contribution is 0.0843. The van der Waals surface area contributed by atoms with E-state index >= 15 is 0 Å². The van der Waals surface area contributed by atoms with E-state index in [0.29, 0.717) is 10.3 Å². The van der Waals surface area contributed by atoms with E-state index in [1.165, 1.54) is 7.11 Å². The van der Waals surface area contributed by atoms with Gasteiger partial charge in [0.1, 0.15) is 16.9 Å². The highest BCUT2D eigenvalue weighted by molar-refractivity contribution is 9.10. The molecule has 0 saturated carbocycles. The minimum atomic E-state index is -0.112. The van der Waals surface area contributed by atoms with Gasteiger partial charge in [0.15, 0.2) is 0 Å². The summed E-state index contributed by atoms with van der Waals surface area (Å²) in [6.45, 7) is 0.0729. The molecule has 1 aromatic rings. The standard InChI is InChI=1S/C8H8BrNO2/c1-12-5-7(11)6-3-2-4-8(9)10-6/h2-4H,5H2,1H3. The van der Waals surface area contributed by atoms with Crippen LogP contribution in [0.25, 0.3) is 0 Å². The number of hydrogen-bond donors (Lipinski definition) is 0. The Hall–Kier alpha value is -0.740. The summed E-state index contributed by atoms with van der Waals surface area (Å²) in [6.07, 6.45) is 0. The maximum atomic E-state index is 11.2. The molecule has 0 aliphatic carbocycles. The third kappa shape index (κ3) is 2.39. The van der Waals surface area contributed by atoms with Crippen molar-refractivity contribution in [2.24, 2.45) is 0 Å². The lowest BCUT2D eigenvalue weighted by Gasteiger charge is -1.98. The molecule has 0 fully saturated rings. The van der Waals surface area contributed by atoms with Gasteiger partial charge in [0.25, 0.3) is 0 Å². The van der Waals surface area contributed by atoms with E-state index in [1.807, 2.05) is 0 Å². The summed E-state index contributed by atoms with van der Waals surface area (Å²) in [6, 6.07) is 5.19. The van der Waals surface area contributed by atoms with Crippen LogP contribution in [0.5, 0.6) is 0 Å². The minimum absolute atomic E-state index is 0.0729. The Morgan fingerprint density at radius 3 is 3.00 bits per heavy atom. The fourth-order valence-corrected chi connectivity index (χ4v) is 1.11. The number of ketones is 1. The summed E-state index contributed by atoms with van der Waals surface area (Å²) in [7, 11) is 1.48. The number of nitrogens with zero attached hydrogens (tertiary/aromatic N) is 1. The molecule has 0 radical (unpaired) electrons. The lowest BCUT2D eigenvalue weighted by Crippen LogP contribution is -2.08. The summed E-state index contributed by atoms with van der Waals surface area (Å²) in [4.78, 5) is 15.2. The van der Waals surface area contributed by atoms with Gasteiger partial charge in [0.2, 0.25) is 5.78 Å². The van der Waals surface area contributed by atoms with E-state index in [0.717, 1.165) is 0 Å². The molecule has 1 heterocycles. The summed E-state index contributed by atoms with van der Waals surface area (Å²) < 4.78 is 5.35. The van der Waals surface area contributed by atoms with Crippen LogP contribution in [-0.2, 0) is 4.74 Å². The molecule has 0 atom stereocenters. The zero-order chi connectivity index (χ0) is 8.97. The quantitative estimate of drug-likeness (QED) is 0.585. The van der Waals surface area contributed by atoms with Crippen LogP contribution in [0.4, 0.5) is 0 Å². The molecule has 0 unspecified atom stereocenters. The number of pyridine rings is 1. The van der Waals surface area contributed by atoms with Crippen molar-refractivity contribution in [1.29, 1.82) is 0 Å². The summed E-state index contributed by atoms with van der Waals surface area (Å²) in [5.74, 6) is -0.112. The number of rotatable bonds is 3. The van der Waals surface area contributed by atoms with Crippen LogP contribution in [-0.4, -0.2) is 24.5 Å². The maximum Gasteiger partial charge on any atom is 0.206 e. The van der Waals surface area contributed by atoms with Crippen molar-refractivity contribution in [2.75, 3.05) is 13.7 Å². The number of aromatic nitrogens is 1. The molecule has 3 nitrogen and oxygen atoms in total. The van der Waals surface area contributed by atoms with E-state index in [-0.39, 0.29) is 12.4 Å². The van der Waals surface area contributed by atoms with Gasteiger partial charge in [-0.05, 0) is 28.1 Å². The molecular weight excluding hydrogens is 222 g/mol. The third-order valence-corrected chi connectivity index (χ3v) is 1.72. The average molecular weight is 230 g/mol. The maximum absolute atomic E-state index is 11.2. The molecule has 1 aromatic heterocycles. The molecule has 64 valence electrons. The zero-order valence-electron chi connectivity index (χ0n) is 6.58. The highest BCUT2D eigenvalue weighted by Gasteiger charge is 2.05. The first-order valence-electron chi connectivity index (χ1n) is 3.38. The first-order valence-corrected chi connectivity index (χ1v) is 4.18. The summed E-state index contributed by atoms with van der Waals surface area (Å²) >= 11 is 3.18. The molecule has 0 bridgehead atoms. The van der Waals surface area contributed by atoms with Crippen LogP contribution >= 0.6 is 15.9 Å². The zero-order valence-corrected chi connectivity index (χ0v) is 8.17. The first-order chi connectivity index (χ1) is 5.74. The fraction of sp³-hybridized carbons (Fsp3) is 0.250. The average Bonchev–Trinajstić information content (AvgIpc) is 2.05. The predicted octanol–water partition coefficient (Wildman–Crippen LogP) is 1.67. The SMILES string of the molecule is COCC(=O)c1cccc(Br)n1. The van der Waals surface area contributed by atoms with Crippen LogP contribution in [0.15, 0.2) is 22.8 Å². The minimum Gasteiger partial charge on any atom is -0.376 e. The van der Waals surface area contributed by atoms with Crippen LogP contribution < -0.4 is 0 Å². The first kappa shape index (κ1) is 9.35. The van der Waals surface area contributed by atoms with E-state index < -0.39 is 0 Å². The van der Waals surface area contributed by atoms with Gasteiger partial charge >= 0.3 is 0 Å². The number of carbonyl (C=O) groups is 1. The molecule has 0 N–H and O–H groups in total. The van der Waals surface area contributed by atoms with Crippen LogP contribution in [0.1, 0.15) is 10.5 Å². The Kier molecular flexibility index (Phi) is 3.37. The topological polar surface area (TPSA) is 39.2 Å². The molecule has 0 spiro atoms. The summed E-state index contributed by atoms with van der Waals surface area (Å²) in [5.41, 5.74) is 0.422. The van der Waals surface area contributed by atoms with Gasteiger partial charge in [-0.25, -0.2) is 4.98 Å². The van der Waals surface area contributed by atoms with Crippen LogP contribution in [0.2, 0.25) is 0 Å². The van der Waals surface area contributed by atoms with E-state index in [9.17, 15) is 4.79 Å². The Balaban J connectivity index is 2.81. The van der Waals surface area contributed by atoms with Crippen molar-refractivity contribution >= 4 is 21.7 Å². The van der Waals surface area contributed by atoms with Crippen molar-refractivity contribution in [2.45, 2.75) is 0 Å². The van der Waals surface area contributed by atoms with Crippen LogP contribution in [0.3, 0.4) is 0 Å². The molecule has 0 aliphatic heterocycles. The lowest BCUT2D eigenvalue weighted by atomic mass is 10.3. The third-order valence-electron chi connectivity index (χ3n) is 1.28. The summed E-state index contributed by atoms with van der Waals surface area (Å²) in [5, 5.41) is 0. The Morgan fingerprint density at radius 1 is 1.67 bits per heavy atom. The van der Waals surface area contributed by atoms with E-state index in [1.54, 1.807) is 18.2 Å². The highest BCUT2D eigenvalue weighted by atomic mass is 79.9. The monoisotopic (exact) mass is 229 g/mol. The largest absolute Gasteiger partial charge is 0.376 e. The van der Waals surface area contributed by atoms with E-state index in [4.69, 9.17) is 4.74 Å². The molecule has 0 saturated heterocycles. The smallest absolute Gasteiger partial charge is 0.206 e. The molecule has 4 heteroatoms. The molecule has 0 aromatic carbocycles. The van der Waals surface area contributed by atoms with Crippen molar-refractivity contribution in [3.63, 3.8) is 0 Å². The van der Waals surface area contributed by atoms with Crippen molar-refractivity contribution in [1.82, 2.24) is 4.98 Å². The van der Waals surface area contributed by atoms with Gasteiger partial charge in [0, 0.05) is 7.11 Å². The number of methoxy groups -OCH3 is 1. The van der Waals surface area contributed by atoms with Crippen molar-refractivity contribution < 1.29 is 9.53 Å². The van der Waals surface area contributed by atoms with Gasteiger partial charge in [0.05, 0.1) is 0 Å². The molecule has 12 heavy (non-hydrogen) atoms. The molecule has 0 aliphatic rings. The second-order valence-corrected chi connectivity index (χ2v) is 3.01. The number of halogens is 1.